The van der Waals surface area contributed by atoms with Crippen molar-refractivity contribution in [2.75, 3.05) is 6.54 Å². The van der Waals surface area contributed by atoms with Gasteiger partial charge < -0.3 is 14.6 Å². The summed E-state index contributed by atoms with van der Waals surface area (Å²) in [6.07, 6.45) is 3.74. The van der Waals surface area contributed by atoms with Crippen LogP contribution in [0.2, 0.25) is 0 Å². The monoisotopic (exact) mass is 387 g/mol. The first-order chi connectivity index (χ1) is 11.0. The molecule has 0 aliphatic carbocycles. The summed E-state index contributed by atoms with van der Waals surface area (Å²) in [5.41, 5.74) is 0.700. The van der Waals surface area contributed by atoms with E-state index < -0.39 is 6.61 Å². The molecule has 0 aliphatic rings. The number of nitrogens with zero attached hydrogens (tertiary/aromatic N) is 2. The van der Waals surface area contributed by atoms with Gasteiger partial charge >= 0.3 is 6.61 Å². The van der Waals surface area contributed by atoms with Crippen LogP contribution in [-0.4, -0.2) is 22.7 Å². The minimum absolute atomic E-state index is 0.203. The highest BCUT2D eigenvalue weighted by Crippen LogP contribution is 2.24. The molecule has 0 radical (unpaired) electrons. The van der Waals surface area contributed by atoms with Gasteiger partial charge in [0.05, 0.1) is 0 Å². The van der Waals surface area contributed by atoms with Crippen LogP contribution in [0.3, 0.4) is 0 Å². The van der Waals surface area contributed by atoms with Crippen LogP contribution < -0.4 is 10.1 Å². The molecule has 1 unspecified atom stereocenters. The number of alkyl halides is 2. The fourth-order valence-corrected chi connectivity index (χ4v) is 2.76. The lowest BCUT2D eigenvalue weighted by atomic mass is 10.1. The van der Waals surface area contributed by atoms with Crippen LogP contribution in [0.4, 0.5) is 8.78 Å². The maximum atomic E-state index is 12.4. The second-order valence-electron chi connectivity index (χ2n) is 5.49. The largest absolute Gasteiger partial charge is 0.434 e. The van der Waals surface area contributed by atoms with Crippen LogP contribution in [0.15, 0.2) is 35.1 Å². The lowest BCUT2D eigenvalue weighted by Gasteiger charge is -2.16. The molecule has 1 aromatic carbocycles. The van der Waals surface area contributed by atoms with E-state index in [2.05, 4.69) is 42.5 Å². The first-order valence-corrected chi connectivity index (χ1v) is 8.16. The minimum atomic E-state index is -2.82. The summed E-state index contributed by atoms with van der Waals surface area (Å²) < 4.78 is 32.4. The van der Waals surface area contributed by atoms with E-state index in [0.717, 1.165) is 23.4 Å². The molecule has 0 spiro atoms. The van der Waals surface area contributed by atoms with Crippen molar-refractivity contribution in [3.63, 3.8) is 0 Å². The maximum absolute atomic E-state index is 12.4. The molecule has 4 nitrogen and oxygen atoms in total. The summed E-state index contributed by atoms with van der Waals surface area (Å²) in [5.74, 6) is 1.57. The number of imidazole rings is 1. The quantitative estimate of drug-likeness (QED) is 0.744. The molecule has 1 aromatic heterocycles. The van der Waals surface area contributed by atoms with Gasteiger partial charge in [0.1, 0.15) is 11.6 Å². The summed E-state index contributed by atoms with van der Waals surface area (Å²) in [5, 5.41) is 3.29. The van der Waals surface area contributed by atoms with Crippen LogP contribution in [0, 0.1) is 12.8 Å². The summed E-state index contributed by atoms with van der Waals surface area (Å²) in [7, 11) is 0. The van der Waals surface area contributed by atoms with E-state index in [-0.39, 0.29) is 5.75 Å². The number of ether oxygens (including phenoxy) is 1. The molecule has 1 N–H and O–H groups in total. The van der Waals surface area contributed by atoms with Crippen molar-refractivity contribution >= 4 is 15.9 Å². The highest BCUT2D eigenvalue weighted by Gasteiger charge is 2.11. The summed E-state index contributed by atoms with van der Waals surface area (Å²) in [4.78, 5) is 4.20. The Morgan fingerprint density at radius 3 is 2.83 bits per heavy atom. The SMILES string of the molecule is Cc1nccn1CC(C)CNCc1cc(Br)ccc1OC(F)F. The number of rotatable bonds is 8. The molecule has 0 bridgehead atoms. The fraction of sp³-hybridized carbons (Fsp3) is 0.438. The Bertz CT molecular complexity index is 634. The lowest BCUT2D eigenvalue weighted by molar-refractivity contribution is -0.0505. The third kappa shape index (κ3) is 5.58. The first kappa shape index (κ1) is 17.9. The van der Waals surface area contributed by atoms with Crippen molar-refractivity contribution in [3.05, 3.63) is 46.5 Å². The predicted molar refractivity (Wildman–Crippen MR) is 88.6 cm³/mol. The van der Waals surface area contributed by atoms with E-state index in [1.54, 1.807) is 24.4 Å². The van der Waals surface area contributed by atoms with E-state index in [1.807, 2.05) is 13.1 Å². The molecule has 7 heteroatoms. The Morgan fingerprint density at radius 1 is 1.39 bits per heavy atom. The third-order valence-corrected chi connectivity index (χ3v) is 3.97. The van der Waals surface area contributed by atoms with E-state index in [0.29, 0.717) is 18.0 Å². The van der Waals surface area contributed by atoms with Crippen molar-refractivity contribution in [3.8, 4) is 5.75 Å². The zero-order chi connectivity index (χ0) is 16.8. The first-order valence-electron chi connectivity index (χ1n) is 7.37. The van der Waals surface area contributed by atoms with Gasteiger partial charge in [-0.25, -0.2) is 4.98 Å². The van der Waals surface area contributed by atoms with Crippen LogP contribution in [0.5, 0.6) is 5.75 Å². The second kappa shape index (κ2) is 8.40. The molecule has 1 atom stereocenters. The molecule has 126 valence electrons. The average molecular weight is 388 g/mol. The Balaban J connectivity index is 1.88. The minimum Gasteiger partial charge on any atom is -0.434 e. The van der Waals surface area contributed by atoms with Gasteiger partial charge in [0.15, 0.2) is 0 Å². The normalized spacial score (nSPS) is 12.6. The van der Waals surface area contributed by atoms with Gasteiger partial charge in [0.2, 0.25) is 0 Å². The predicted octanol–water partition coefficient (Wildman–Crippen LogP) is 3.98. The van der Waals surface area contributed by atoms with Crippen molar-refractivity contribution in [1.82, 2.24) is 14.9 Å². The van der Waals surface area contributed by atoms with Gasteiger partial charge in [-0.05, 0) is 37.6 Å². The fourth-order valence-electron chi connectivity index (χ4n) is 2.35. The molecule has 0 saturated carbocycles. The smallest absolute Gasteiger partial charge is 0.387 e. The van der Waals surface area contributed by atoms with E-state index in [1.165, 1.54) is 0 Å². The van der Waals surface area contributed by atoms with Crippen LogP contribution in [-0.2, 0) is 13.1 Å². The average Bonchev–Trinajstić information content (AvgIpc) is 2.86. The molecule has 0 aliphatic heterocycles. The molecule has 0 fully saturated rings. The molecule has 0 amide bonds. The summed E-state index contributed by atoms with van der Waals surface area (Å²) in [6.45, 7) is 3.36. The molecule has 2 aromatic rings. The number of halogens is 3. The second-order valence-corrected chi connectivity index (χ2v) is 6.41. The van der Waals surface area contributed by atoms with Crippen LogP contribution in [0.1, 0.15) is 18.3 Å². The van der Waals surface area contributed by atoms with Crippen molar-refractivity contribution in [1.29, 1.82) is 0 Å². The Labute approximate surface area is 143 Å². The van der Waals surface area contributed by atoms with E-state index in [4.69, 9.17) is 0 Å². The molecule has 2 rings (SSSR count). The zero-order valence-electron chi connectivity index (χ0n) is 13.1. The number of aromatic nitrogens is 2. The highest BCUT2D eigenvalue weighted by atomic mass is 79.9. The molecular formula is C16H20BrF2N3O. The van der Waals surface area contributed by atoms with Crippen LogP contribution in [0.25, 0.3) is 0 Å². The summed E-state index contributed by atoms with van der Waals surface area (Å²) in [6, 6.07) is 5.02. The number of hydrogen-bond acceptors (Lipinski definition) is 3. The van der Waals surface area contributed by atoms with Crippen molar-refractivity contribution < 1.29 is 13.5 Å². The number of hydrogen-bond donors (Lipinski definition) is 1. The van der Waals surface area contributed by atoms with Crippen molar-refractivity contribution in [2.45, 2.75) is 33.5 Å². The molecular weight excluding hydrogens is 368 g/mol. The van der Waals surface area contributed by atoms with E-state index in [9.17, 15) is 8.78 Å². The summed E-state index contributed by atoms with van der Waals surface area (Å²) >= 11 is 3.35. The van der Waals surface area contributed by atoms with Crippen LogP contribution >= 0.6 is 15.9 Å². The third-order valence-electron chi connectivity index (χ3n) is 3.48. The molecule has 0 saturated heterocycles. The van der Waals surface area contributed by atoms with E-state index >= 15 is 0 Å². The van der Waals surface area contributed by atoms with Gasteiger partial charge in [0.25, 0.3) is 0 Å². The number of aryl methyl sites for hydroxylation is 1. The Morgan fingerprint density at radius 2 is 2.17 bits per heavy atom. The van der Waals surface area contributed by atoms with Gasteiger partial charge in [-0.1, -0.05) is 22.9 Å². The Hall–Kier alpha value is -1.47. The van der Waals surface area contributed by atoms with Crippen molar-refractivity contribution in [2.24, 2.45) is 5.92 Å². The number of benzene rings is 1. The lowest BCUT2D eigenvalue weighted by Crippen LogP contribution is -2.24. The number of nitrogens with one attached hydrogen (secondary N) is 1. The zero-order valence-corrected chi connectivity index (χ0v) is 14.7. The van der Waals surface area contributed by atoms with Gasteiger partial charge in [-0.3, -0.25) is 0 Å². The Kier molecular flexibility index (Phi) is 6.53. The molecule has 1 heterocycles. The maximum Gasteiger partial charge on any atom is 0.387 e. The van der Waals surface area contributed by atoms with Gasteiger partial charge in [0, 0.05) is 35.5 Å². The topological polar surface area (TPSA) is 39.1 Å². The standard InChI is InChI=1S/C16H20BrF2N3O/c1-11(10-22-6-5-21-12(22)2)8-20-9-13-7-14(17)3-4-15(13)23-16(18)19/h3-7,11,16,20H,8-10H2,1-2H3. The van der Waals surface area contributed by atoms with Gasteiger partial charge in [-0.15, -0.1) is 0 Å². The molecule has 23 heavy (non-hydrogen) atoms. The highest BCUT2D eigenvalue weighted by molar-refractivity contribution is 9.10. The van der Waals surface area contributed by atoms with Gasteiger partial charge in [-0.2, -0.15) is 8.78 Å².